The first kappa shape index (κ1) is 17.1. The highest BCUT2D eigenvalue weighted by atomic mass is 19.4. The molecule has 2 aromatic rings. The number of amides is 2. The number of nitrogens with zero attached hydrogens (tertiary/aromatic N) is 2. The van der Waals surface area contributed by atoms with Crippen LogP contribution < -0.4 is 9.64 Å². The minimum absolute atomic E-state index is 0.148. The number of rotatable bonds is 4. The molecule has 2 amide bonds. The number of hydrogen-bond donors (Lipinski definition) is 0. The Morgan fingerprint density at radius 1 is 1.08 bits per heavy atom. The predicted molar refractivity (Wildman–Crippen MR) is 87.6 cm³/mol. The maximum Gasteiger partial charge on any atom is 0.416 e. The van der Waals surface area contributed by atoms with Gasteiger partial charge in [-0.3, -0.25) is 4.90 Å². The topological polar surface area (TPSA) is 32.8 Å². The lowest BCUT2D eigenvalue weighted by Crippen LogP contribution is -2.31. The highest BCUT2D eigenvalue weighted by Crippen LogP contribution is 2.30. The molecule has 0 aliphatic carbocycles. The number of alkyl halides is 3. The summed E-state index contributed by atoms with van der Waals surface area (Å²) >= 11 is 0. The van der Waals surface area contributed by atoms with E-state index in [0.29, 0.717) is 24.4 Å². The van der Waals surface area contributed by atoms with Crippen LogP contribution in [0.4, 0.5) is 23.7 Å². The van der Waals surface area contributed by atoms with Gasteiger partial charge in [0.25, 0.3) is 0 Å². The van der Waals surface area contributed by atoms with Gasteiger partial charge in [-0.05, 0) is 42.0 Å². The Morgan fingerprint density at radius 3 is 2.44 bits per heavy atom. The van der Waals surface area contributed by atoms with Gasteiger partial charge in [-0.2, -0.15) is 13.2 Å². The van der Waals surface area contributed by atoms with Crippen molar-refractivity contribution in [1.82, 2.24) is 4.90 Å². The first-order valence-corrected chi connectivity index (χ1v) is 7.75. The molecule has 0 saturated carbocycles. The van der Waals surface area contributed by atoms with Crippen molar-refractivity contribution in [3.05, 3.63) is 59.7 Å². The van der Waals surface area contributed by atoms with Gasteiger partial charge in [0.2, 0.25) is 0 Å². The minimum Gasteiger partial charge on any atom is -0.497 e. The Kier molecular flexibility index (Phi) is 4.57. The van der Waals surface area contributed by atoms with Crippen molar-refractivity contribution in [2.75, 3.05) is 25.1 Å². The highest BCUT2D eigenvalue weighted by Gasteiger charge is 2.32. The van der Waals surface area contributed by atoms with Gasteiger partial charge in [0.15, 0.2) is 0 Å². The van der Waals surface area contributed by atoms with E-state index in [1.165, 1.54) is 6.07 Å². The third kappa shape index (κ3) is 3.70. The van der Waals surface area contributed by atoms with Gasteiger partial charge in [0.1, 0.15) is 5.75 Å². The van der Waals surface area contributed by atoms with Gasteiger partial charge < -0.3 is 9.64 Å². The summed E-state index contributed by atoms with van der Waals surface area (Å²) in [5, 5.41) is 0. The van der Waals surface area contributed by atoms with Crippen molar-refractivity contribution < 1.29 is 22.7 Å². The Balaban J connectivity index is 1.72. The Bertz CT molecular complexity index is 760. The van der Waals surface area contributed by atoms with Crippen molar-refractivity contribution in [3.8, 4) is 5.75 Å². The average molecular weight is 350 g/mol. The van der Waals surface area contributed by atoms with Crippen molar-refractivity contribution in [2.45, 2.75) is 12.7 Å². The molecule has 0 radical (unpaired) electrons. The number of hydrogen-bond acceptors (Lipinski definition) is 2. The first-order valence-electron chi connectivity index (χ1n) is 7.75. The SMILES string of the molecule is COc1ccc(N2CCN(Cc3cccc(C(F)(F)F)c3)C2=O)cc1. The monoisotopic (exact) mass is 350 g/mol. The van der Waals surface area contributed by atoms with Gasteiger partial charge in [0, 0.05) is 25.3 Å². The summed E-state index contributed by atoms with van der Waals surface area (Å²) in [6, 6.07) is 11.9. The fourth-order valence-electron chi connectivity index (χ4n) is 2.80. The van der Waals surface area contributed by atoms with Crippen molar-refractivity contribution in [2.24, 2.45) is 0 Å². The second-order valence-electron chi connectivity index (χ2n) is 5.75. The van der Waals surface area contributed by atoms with Gasteiger partial charge in [-0.15, -0.1) is 0 Å². The second-order valence-corrected chi connectivity index (χ2v) is 5.75. The summed E-state index contributed by atoms with van der Waals surface area (Å²) in [5.41, 5.74) is 0.487. The molecule has 2 aromatic carbocycles. The lowest BCUT2D eigenvalue weighted by molar-refractivity contribution is -0.137. The molecule has 0 spiro atoms. The molecule has 1 heterocycles. The van der Waals surface area contributed by atoms with Crippen molar-refractivity contribution in [3.63, 3.8) is 0 Å². The number of urea groups is 1. The van der Waals surface area contributed by atoms with Crippen LogP contribution in [0.2, 0.25) is 0 Å². The molecule has 0 atom stereocenters. The third-order valence-electron chi connectivity index (χ3n) is 4.11. The molecular formula is C18H17F3N2O2. The Morgan fingerprint density at radius 2 is 1.80 bits per heavy atom. The van der Waals surface area contributed by atoms with Crippen molar-refractivity contribution in [1.29, 1.82) is 0 Å². The Labute approximate surface area is 143 Å². The van der Waals surface area contributed by atoms with E-state index >= 15 is 0 Å². The molecule has 25 heavy (non-hydrogen) atoms. The molecule has 7 heteroatoms. The molecule has 3 rings (SSSR count). The number of carbonyl (C=O) groups is 1. The summed E-state index contributed by atoms with van der Waals surface area (Å²) in [6.45, 7) is 1.10. The highest BCUT2D eigenvalue weighted by molar-refractivity contribution is 5.94. The molecule has 1 aliphatic rings. The third-order valence-corrected chi connectivity index (χ3v) is 4.11. The van der Waals surface area contributed by atoms with Gasteiger partial charge in [-0.25, -0.2) is 4.79 Å². The summed E-state index contributed by atoms with van der Waals surface area (Å²) in [6.07, 6.45) is -4.39. The van der Waals surface area contributed by atoms with Crippen LogP contribution in [0.3, 0.4) is 0 Å². The molecule has 1 aliphatic heterocycles. The molecule has 4 nitrogen and oxygen atoms in total. The molecule has 0 unspecified atom stereocenters. The van der Waals surface area contributed by atoms with E-state index in [4.69, 9.17) is 4.74 Å². The van der Waals surface area contributed by atoms with E-state index in [1.807, 2.05) is 0 Å². The van der Waals surface area contributed by atoms with Gasteiger partial charge in [0.05, 0.1) is 12.7 Å². The molecule has 132 valence electrons. The summed E-state index contributed by atoms with van der Waals surface area (Å²) in [4.78, 5) is 15.7. The van der Waals surface area contributed by atoms with Gasteiger partial charge in [-0.1, -0.05) is 12.1 Å². The zero-order valence-corrected chi connectivity index (χ0v) is 13.6. The van der Waals surface area contributed by atoms with Crippen LogP contribution in [0, 0.1) is 0 Å². The zero-order chi connectivity index (χ0) is 18.0. The largest absolute Gasteiger partial charge is 0.497 e. The quantitative estimate of drug-likeness (QED) is 0.830. The molecule has 0 bridgehead atoms. The van der Waals surface area contributed by atoms with Crippen LogP contribution in [0.5, 0.6) is 5.75 Å². The standard InChI is InChI=1S/C18H17F3N2O2/c1-25-16-7-5-15(6-8-16)23-10-9-22(17(23)24)12-13-3-2-4-14(11-13)18(19,20)21/h2-8,11H,9-10,12H2,1H3. The maximum atomic E-state index is 12.8. The van der Waals surface area contributed by atoms with Gasteiger partial charge >= 0.3 is 12.2 Å². The van der Waals surface area contributed by atoms with E-state index < -0.39 is 11.7 Å². The molecule has 1 fully saturated rings. The van der Waals surface area contributed by atoms with Crippen LogP contribution >= 0.6 is 0 Å². The summed E-state index contributed by atoms with van der Waals surface area (Å²) in [7, 11) is 1.56. The smallest absolute Gasteiger partial charge is 0.416 e. The van der Waals surface area contributed by atoms with Crippen molar-refractivity contribution >= 4 is 11.7 Å². The number of benzene rings is 2. The molecule has 0 aromatic heterocycles. The average Bonchev–Trinajstić information content (AvgIpc) is 2.95. The Hall–Kier alpha value is -2.70. The normalized spacial score (nSPS) is 15.0. The number of ether oxygens (including phenoxy) is 1. The van der Waals surface area contributed by atoms with E-state index in [-0.39, 0.29) is 12.6 Å². The molecule has 1 saturated heterocycles. The van der Waals surface area contributed by atoms with Crippen LogP contribution in [-0.2, 0) is 12.7 Å². The zero-order valence-electron chi connectivity index (χ0n) is 13.6. The van der Waals surface area contributed by atoms with Crippen LogP contribution in [0.25, 0.3) is 0 Å². The number of carbonyl (C=O) groups excluding carboxylic acids is 1. The first-order chi connectivity index (χ1) is 11.9. The maximum absolute atomic E-state index is 12.8. The van der Waals surface area contributed by atoms with E-state index in [9.17, 15) is 18.0 Å². The van der Waals surface area contributed by atoms with E-state index in [1.54, 1.807) is 47.2 Å². The van der Waals surface area contributed by atoms with E-state index in [0.717, 1.165) is 17.8 Å². The number of anilines is 1. The second kappa shape index (κ2) is 6.66. The lowest BCUT2D eigenvalue weighted by atomic mass is 10.1. The van der Waals surface area contributed by atoms with Crippen LogP contribution in [-0.4, -0.2) is 31.1 Å². The fourth-order valence-corrected chi connectivity index (χ4v) is 2.80. The number of halogens is 3. The summed E-state index contributed by atoms with van der Waals surface area (Å²) in [5.74, 6) is 0.691. The van der Waals surface area contributed by atoms with Crippen LogP contribution in [0.15, 0.2) is 48.5 Å². The lowest BCUT2D eigenvalue weighted by Gasteiger charge is -2.19. The summed E-state index contributed by atoms with van der Waals surface area (Å²) < 4.78 is 43.5. The number of methoxy groups -OCH3 is 1. The molecular weight excluding hydrogens is 333 g/mol. The minimum atomic E-state index is -4.39. The fraction of sp³-hybridized carbons (Fsp3) is 0.278. The van der Waals surface area contributed by atoms with Crippen LogP contribution in [0.1, 0.15) is 11.1 Å². The molecule has 0 N–H and O–H groups in total. The van der Waals surface area contributed by atoms with E-state index in [2.05, 4.69) is 0 Å². The predicted octanol–water partition coefficient (Wildman–Crippen LogP) is 4.16.